The van der Waals surface area contributed by atoms with Crippen LogP contribution in [0.3, 0.4) is 0 Å². The number of carbonyl (C=O) groups excluding carboxylic acids is 2. The fourth-order valence-electron chi connectivity index (χ4n) is 3.96. The molecule has 0 atom stereocenters. The third-order valence-corrected chi connectivity index (χ3v) is 5.54. The van der Waals surface area contributed by atoms with Crippen molar-refractivity contribution < 1.29 is 9.59 Å². The van der Waals surface area contributed by atoms with Crippen molar-refractivity contribution >= 4 is 17.5 Å². The van der Waals surface area contributed by atoms with Gasteiger partial charge in [-0.3, -0.25) is 9.59 Å². The van der Waals surface area contributed by atoms with Crippen LogP contribution in [-0.2, 0) is 10.2 Å². The maximum absolute atomic E-state index is 12.7. The van der Waals surface area contributed by atoms with E-state index in [1.165, 1.54) is 0 Å². The van der Waals surface area contributed by atoms with Crippen LogP contribution in [0.2, 0.25) is 0 Å². The Morgan fingerprint density at radius 1 is 1.12 bits per heavy atom. The Morgan fingerprint density at radius 3 is 2.56 bits per heavy atom. The van der Waals surface area contributed by atoms with Crippen LogP contribution in [0, 0.1) is 0 Å². The van der Waals surface area contributed by atoms with E-state index in [9.17, 15) is 9.59 Å². The van der Waals surface area contributed by atoms with Crippen LogP contribution in [-0.4, -0.2) is 36.9 Å². The van der Waals surface area contributed by atoms with Crippen molar-refractivity contribution in [2.75, 3.05) is 25.5 Å². The summed E-state index contributed by atoms with van der Waals surface area (Å²) < 4.78 is 0. The highest BCUT2D eigenvalue weighted by Gasteiger charge is 2.47. The molecule has 2 aliphatic rings. The predicted octanol–water partition coefficient (Wildman–Crippen LogP) is 2.37. The predicted molar refractivity (Wildman–Crippen MR) is 97.4 cm³/mol. The minimum Gasteiger partial charge on any atom is -0.366 e. The summed E-state index contributed by atoms with van der Waals surface area (Å²) in [7, 11) is 2.09. The first-order chi connectivity index (χ1) is 12.0. The Hall–Kier alpha value is -2.66. The summed E-state index contributed by atoms with van der Waals surface area (Å²) in [6, 6.07) is 13.3. The van der Waals surface area contributed by atoms with Gasteiger partial charge in [0.1, 0.15) is 0 Å². The monoisotopic (exact) mass is 335 g/mol. The number of fused-ring (bicyclic) bond motifs is 2. The number of hydrogen-bond donors (Lipinski definition) is 2. The van der Waals surface area contributed by atoms with Gasteiger partial charge in [-0.1, -0.05) is 24.3 Å². The Balaban J connectivity index is 1.73. The summed E-state index contributed by atoms with van der Waals surface area (Å²) >= 11 is 0. The zero-order valence-electron chi connectivity index (χ0n) is 14.2. The summed E-state index contributed by atoms with van der Waals surface area (Å²) in [6.45, 7) is 1.85. The molecule has 1 fully saturated rings. The first kappa shape index (κ1) is 15.8. The summed E-state index contributed by atoms with van der Waals surface area (Å²) in [5.41, 5.74) is 9.32. The average molecular weight is 335 g/mol. The normalized spacial score (nSPS) is 18.8. The molecule has 0 aliphatic carbocycles. The number of anilines is 1. The Labute approximate surface area is 146 Å². The van der Waals surface area contributed by atoms with Gasteiger partial charge in [-0.2, -0.15) is 0 Å². The van der Waals surface area contributed by atoms with Gasteiger partial charge in [0.15, 0.2) is 0 Å². The molecule has 0 unspecified atom stereocenters. The smallest absolute Gasteiger partial charge is 0.248 e. The second kappa shape index (κ2) is 5.70. The Morgan fingerprint density at radius 2 is 1.84 bits per heavy atom. The fourth-order valence-corrected chi connectivity index (χ4v) is 3.96. The lowest BCUT2D eigenvalue weighted by atomic mass is 9.73. The molecule has 5 heteroatoms. The van der Waals surface area contributed by atoms with Gasteiger partial charge in [-0.25, -0.2) is 0 Å². The number of carbonyl (C=O) groups is 2. The molecule has 0 aromatic heterocycles. The van der Waals surface area contributed by atoms with Gasteiger partial charge in [0.2, 0.25) is 11.8 Å². The maximum Gasteiger partial charge on any atom is 0.248 e. The molecule has 1 spiro atoms. The zero-order chi connectivity index (χ0) is 17.6. The highest BCUT2D eigenvalue weighted by molar-refractivity contribution is 6.07. The molecule has 2 heterocycles. The van der Waals surface area contributed by atoms with Crippen molar-refractivity contribution in [1.82, 2.24) is 4.90 Å². The van der Waals surface area contributed by atoms with Crippen molar-refractivity contribution in [2.45, 2.75) is 18.3 Å². The largest absolute Gasteiger partial charge is 0.366 e. The van der Waals surface area contributed by atoms with E-state index in [1.807, 2.05) is 24.3 Å². The number of nitrogens with one attached hydrogen (secondary N) is 1. The van der Waals surface area contributed by atoms with E-state index in [1.54, 1.807) is 12.1 Å². The molecule has 0 bridgehead atoms. The molecular weight excluding hydrogens is 314 g/mol. The fraction of sp³-hybridized carbons (Fsp3) is 0.300. The van der Waals surface area contributed by atoms with E-state index >= 15 is 0 Å². The van der Waals surface area contributed by atoms with Crippen molar-refractivity contribution in [3.63, 3.8) is 0 Å². The van der Waals surface area contributed by atoms with Crippen molar-refractivity contribution in [3.05, 3.63) is 53.6 Å². The van der Waals surface area contributed by atoms with Crippen LogP contribution in [0.25, 0.3) is 11.1 Å². The SMILES string of the molecule is CN1CCC2(CC1)C(=O)Nc1cc(-c3cccc(C(N)=O)c3)ccc12. The lowest BCUT2D eigenvalue weighted by molar-refractivity contribution is -0.122. The minimum absolute atomic E-state index is 0.110. The molecule has 2 aromatic rings. The number of nitrogens with two attached hydrogens (primary N) is 1. The summed E-state index contributed by atoms with van der Waals surface area (Å²) in [6.07, 6.45) is 1.69. The van der Waals surface area contributed by atoms with Gasteiger partial charge < -0.3 is 16.0 Å². The lowest BCUT2D eigenvalue weighted by Crippen LogP contribution is -2.45. The van der Waals surface area contributed by atoms with Gasteiger partial charge in [0, 0.05) is 11.3 Å². The standard InChI is InChI=1S/C20H21N3O2/c1-23-9-7-20(8-10-23)16-6-5-14(12-17(16)22-19(20)25)13-3-2-4-15(11-13)18(21)24/h2-6,11-12H,7-10H2,1H3,(H2,21,24)(H,22,25). The van der Waals surface area contributed by atoms with Crippen LogP contribution in [0.5, 0.6) is 0 Å². The van der Waals surface area contributed by atoms with Crippen LogP contribution < -0.4 is 11.1 Å². The zero-order valence-corrected chi connectivity index (χ0v) is 14.2. The molecule has 2 aliphatic heterocycles. The molecule has 0 radical (unpaired) electrons. The van der Waals surface area contributed by atoms with E-state index < -0.39 is 11.3 Å². The van der Waals surface area contributed by atoms with E-state index in [2.05, 4.69) is 23.3 Å². The number of rotatable bonds is 2. The lowest BCUT2D eigenvalue weighted by Gasteiger charge is -2.36. The maximum atomic E-state index is 12.7. The van der Waals surface area contributed by atoms with Gasteiger partial charge in [-0.05, 0) is 67.9 Å². The minimum atomic E-state index is -0.443. The molecule has 2 amide bonds. The van der Waals surface area contributed by atoms with Crippen molar-refractivity contribution in [3.8, 4) is 11.1 Å². The van der Waals surface area contributed by atoms with Crippen LogP contribution in [0.15, 0.2) is 42.5 Å². The summed E-state index contributed by atoms with van der Waals surface area (Å²) in [4.78, 5) is 26.4. The van der Waals surface area contributed by atoms with Crippen LogP contribution in [0.1, 0.15) is 28.8 Å². The first-order valence-corrected chi connectivity index (χ1v) is 8.54. The second-order valence-electron chi connectivity index (χ2n) is 7.04. The third kappa shape index (κ3) is 2.51. The molecule has 0 saturated carbocycles. The molecule has 5 nitrogen and oxygen atoms in total. The van der Waals surface area contributed by atoms with Gasteiger partial charge in [-0.15, -0.1) is 0 Å². The van der Waals surface area contributed by atoms with Gasteiger partial charge >= 0.3 is 0 Å². The number of piperidine rings is 1. The Bertz CT molecular complexity index is 867. The molecule has 1 saturated heterocycles. The molecule has 128 valence electrons. The number of likely N-dealkylation sites (tertiary alicyclic amines) is 1. The molecule has 3 N–H and O–H groups in total. The summed E-state index contributed by atoms with van der Waals surface area (Å²) in [5.74, 6) is -0.333. The third-order valence-electron chi connectivity index (χ3n) is 5.54. The van der Waals surface area contributed by atoms with Crippen molar-refractivity contribution in [2.24, 2.45) is 5.73 Å². The quantitative estimate of drug-likeness (QED) is 0.885. The molecule has 25 heavy (non-hydrogen) atoms. The van der Waals surface area contributed by atoms with Gasteiger partial charge in [0.25, 0.3) is 0 Å². The number of hydrogen-bond acceptors (Lipinski definition) is 3. The topological polar surface area (TPSA) is 75.4 Å². The second-order valence-corrected chi connectivity index (χ2v) is 7.04. The Kier molecular flexibility index (Phi) is 3.62. The van der Waals surface area contributed by atoms with Crippen LogP contribution >= 0.6 is 0 Å². The first-order valence-electron chi connectivity index (χ1n) is 8.54. The summed E-state index contributed by atoms with van der Waals surface area (Å²) in [5, 5.41) is 3.07. The number of nitrogens with zero attached hydrogens (tertiary/aromatic N) is 1. The number of primary amides is 1. The van der Waals surface area contributed by atoms with E-state index in [0.717, 1.165) is 48.3 Å². The highest BCUT2D eigenvalue weighted by atomic mass is 16.2. The van der Waals surface area contributed by atoms with Crippen LogP contribution in [0.4, 0.5) is 5.69 Å². The van der Waals surface area contributed by atoms with E-state index in [0.29, 0.717) is 5.56 Å². The average Bonchev–Trinajstić information content (AvgIpc) is 2.88. The number of amides is 2. The van der Waals surface area contributed by atoms with Crippen molar-refractivity contribution in [1.29, 1.82) is 0 Å². The molecule has 2 aromatic carbocycles. The molecular formula is C20H21N3O2. The van der Waals surface area contributed by atoms with Gasteiger partial charge in [0.05, 0.1) is 5.41 Å². The highest BCUT2D eigenvalue weighted by Crippen LogP contribution is 2.45. The molecule has 4 rings (SSSR count). The van der Waals surface area contributed by atoms with E-state index in [4.69, 9.17) is 5.73 Å². The number of benzene rings is 2. The van der Waals surface area contributed by atoms with E-state index in [-0.39, 0.29) is 5.91 Å².